The summed E-state index contributed by atoms with van der Waals surface area (Å²) in [5.41, 5.74) is -0.206. The molecule has 1 unspecified atom stereocenters. The van der Waals surface area contributed by atoms with Crippen molar-refractivity contribution < 1.29 is 22.3 Å². The van der Waals surface area contributed by atoms with Gasteiger partial charge in [0.15, 0.2) is 0 Å². The van der Waals surface area contributed by atoms with Crippen LogP contribution in [-0.2, 0) is 14.8 Å². The number of ether oxygens (including phenoxy) is 1. The Balaban J connectivity index is 3.03. The Morgan fingerprint density at radius 2 is 2.10 bits per heavy atom. The van der Waals surface area contributed by atoms with E-state index in [-0.39, 0.29) is 22.6 Å². The zero-order chi connectivity index (χ0) is 16.2. The van der Waals surface area contributed by atoms with Crippen LogP contribution in [-0.4, -0.2) is 21.0 Å². The number of hydrogen-bond donors (Lipinski definition) is 1. The van der Waals surface area contributed by atoms with E-state index in [1.807, 2.05) is 13.8 Å². The summed E-state index contributed by atoms with van der Waals surface area (Å²) >= 11 is 2.96. The molecule has 1 aromatic rings. The third kappa shape index (κ3) is 5.05. The van der Waals surface area contributed by atoms with Gasteiger partial charge in [0.25, 0.3) is 0 Å². The maximum Gasteiger partial charge on any atom is 0.339 e. The molecule has 0 saturated carbocycles. The van der Waals surface area contributed by atoms with E-state index in [2.05, 4.69) is 15.9 Å². The van der Waals surface area contributed by atoms with Gasteiger partial charge in [0.2, 0.25) is 10.0 Å². The molecule has 0 bridgehead atoms. The van der Waals surface area contributed by atoms with Crippen LogP contribution < -0.4 is 5.14 Å². The summed E-state index contributed by atoms with van der Waals surface area (Å²) in [5.74, 6) is -1.51. The molecule has 0 heterocycles. The minimum absolute atomic E-state index is 0.0976. The SMILES string of the molecule is CCCC(C)COC(=O)c1cc(F)cc(S(N)(=O)=O)c1Br. The van der Waals surface area contributed by atoms with Crippen LogP contribution in [0.1, 0.15) is 37.0 Å². The summed E-state index contributed by atoms with van der Waals surface area (Å²) in [6, 6.07) is 1.65. The van der Waals surface area contributed by atoms with Gasteiger partial charge >= 0.3 is 5.97 Å². The number of carbonyl (C=O) groups excluding carboxylic acids is 1. The van der Waals surface area contributed by atoms with Crippen LogP contribution in [0.2, 0.25) is 0 Å². The number of primary sulfonamides is 1. The Bertz CT molecular complexity index is 633. The first kappa shape index (κ1) is 18.1. The monoisotopic (exact) mass is 381 g/mol. The van der Waals surface area contributed by atoms with E-state index in [0.29, 0.717) is 0 Å². The number of sulfonamides is 1. The summed E-state index contributed by atoms with van der Waals surface area (Å²) in [6.45, 7) is 4.12. The Morgan fingerprint density at radius 3 is 2.62 bits per heavy atom. The number of benzene rings is 1. The van der Waals surface area contributed by atoms with E-state index in [1.165, 1.54) is 0 Å². The highest BCUT2D eigenvalue weighted by atomic mass is 79.9. The van der Waals surface area contributed by atoms with Gasteiger partial charge in [-0.1, -0.05) is 20.3 Å². The summed E-state index contributed by atoms with van der Waals surface area (Å²) in [6.07, 6.45) is 1.85. The first-order valence-electron chi connectivity index (χ1n) is 6.35. The van der Waals surface area contributed by atoms with Crippen molar-refractivity contribution in [2.75, 3.05) is 6.61 Å². The molecule has 1 rings (SSSR count). The Labute approximate surface area is 131 Å². The molecule has 0 aliphatic rings. The molecule has 0 amide bonds. The average molecular weight is 382 g/mol. The van der Waals surface area contributed by atoms with Crippen molar-refractivity contribution >= 4 is 31.9 Å². The fourth-order valence-corrected chi connectivity index (χ4v) is 3.50. The zero-order valence-corrected chi connectivity index (χ0v) is 14.1. The Kier molecular flexibility index (Phi) is 6.30. The van der Waals surface area contributed by atoms with Crippen LogP contribution in [0.3, 0.4) is 0 Å². The van der Waals surface area contributed by atoms with E-state index in [0.717, 1.165) is 25.0 Å². The van der Waals surface area contributed by atoms with Crippen LogP contribution in [0.15, 0.2) is 21.5 Å². The zero-order valence-electron chi connectivity index (χ0n) is 11.7. The number of rotatable bonds is 6. The van der Waals surface area contributed by atoms with Crippen LogP contribution in [0.5, 0.6) is 0 Å². The maximum absolute atomic E-state index is 13.5. The van der Waals surface area contributed by atoms with E-state index in [4.69, 9.17) is 9.88 Å². The molecule has 0 radical (unpaired) electrons. The van der Waals surface area contributed by atoms with Crippen LogP contribution in [0.25, 0.3) is 0 Å². The number of nitrogens with two attached hydrogens (primary N) is 1. The number of hydrogen-bond acceptors (Lipinski definition) is 4. The Morgan fingerprint density at radius 1 is 1.48 bits per heavy atom. The summed E-state index contributed by atoms with van der Waals surface area (Å²) in [4.78, 5) is 11.5. The highest BCUT2D eigenvalue weighted by molar-refractivity contribution is 9.10. The molecule has 5 nitrogen and oxygen atoms in total. The number of carbonyl (C=O) groups is 1. The van der Waals surface area contributed by atoms with E-state index >= 15 is 0 Å². The lowest BCUT2D eigenvalue weighted by Gasteiger charge is -2.12. The van der Waals surface area contributed by atoms with Gasteiger partial charge in [-0.05, 0) is 40.4 Å². The highest BCUT2D eigenvalue weighted by Gasteiger charge is 2.22. The normalized spacial score (nSPS) is 13.0. The van der Waals surface area contributed by atoms with Gasteiger partial charge in [0, 0.05) is 0 Å². The van der Waals surface area contributed by atoms with Gasteiger partial charge in [0.1, 0.15) is 5.82 Å². The third-order valence-electron chi connectivity index (χ3n) is 2.81. The minimum atomic E-state index is -4.15. The molecule has 0 aliphatic heterocycles. The van der Waals surface area contributed by atoms with Crippen molar-refractivity contribution in [3.8, 4) is 0 Å². The van der Waals surface area contributed by atoms with Gasteiger partial charge in [0.05, 0.1) is 21.5 Å². The van der Waals surface area contributed by atoms with Crippen molar-refractivity contribution in [2.45, 2.75) is 31.6 Å². The maximum atomic E-state index is 13.5. The van der Waals surface area contributed by atoms with E-state index in [9.17, 15) is 17.6 Å². The van der Waals surface area contributed by atoms with Crippen molar-refractivity contribution in [3.63, 3.8) is 0 Å². The topological polar surface area (TPSA) is 86.5 Å². The van der Waals surface area contributed by atoms with Gasteiger partial charge < -0.3 is 4.74 Å². The second kappa shape index (κ2) is 7.33. The van der Waals surface area contributed by atoms with Gasteiger partial charge in [-0.3, -0.25) is 0 Å². The lowest BCUT2D eigenvalue weighted by atomic mass is 10.1. The molecule has 1 aromatic carbocycles. The fraction of sp³-hybridized carbons (Fsp3) is 0.462. The van der Waals surface area contributed by atoms with Crippen LogP contribution >= 0.6 is 15.9 Å². The molecule has 0 saturated heterocycles. The summed E-state index contributed by atoms with van der Waals surface area (Å²) in [5, 5.41) is 4.98. The van der Waals surface area contributed by atoms with E-state index in [1.54, 1.807) is 0 Å². The fourth-order valence-electron chi connectivity index (χ4n) is 1.79. The predicted molar refractivity (Wildman–Crippen MR) is 79.8 cm³/mol. The van der Waals surface area contributed by atoms with Crippen molar-refractivity contribution in [2.24, 2.45) is 11.1 Å². The first-order chi connectivity index (χ1) is 9.66. The largest absolute Gasteiger partial charge is 0.462 e. The average Bonchev–Trinajstić information content (AvgIpc) is 2.37. The lowest BCUT2D eigenvalue weighted by molar-refractivity contribution is 0.0441. The molecular weight excluding hydrogens is 365 g/mol. The van der Waals surface area contributed by atoms with Gasteiger partial charge in [-0.15, -0.1) is 0 Å². The molecule has 1 atom stereocenters. The predicted octanol–water partition coefficient (Wildman–Crippen LogP) is 2.83. The van der Waals surface area contributed by atoms with Crippen molar-refractivity contribution in [1.82, 2.24) is 0 Å². The summed E-state index contributed by atoms with van der Waals surface area (Å²) < 4.78 is 41.2. The van der Waals surface area contributed by atoms with Crippen LogP contribution in [0.4, 0.5) is 4.39 Å². The number of esters is 1. The summed E-state index contributed by atoms with van der Waals surface area (Å²) in [7, 11) is -4.15. The quantitative estimate of drug-likeness (QED) is 0.767. The van der Waals surface area contributed by atoms with Crippen molar-refractivity contribution in [3.05, 3.63) is 28.0 Å². The smallest absolute Gasteiger partial charge is 0.339 e. The highest BCUT2D eigenvalue weighted by Crippen LogP contribution is 2.27. The Hall–Kier alpha value is -0.990. The van der Waals surface area contributed by atoms with Crippen LogP contribution in [0, 0.1) is 11.7 Å². The third-order valence-corrected chi connectivity index (χ3v) is 4.86. The molecule has 8 heteroatoms. The minimum Gasteiger partial charge on any atom is -0.462 e. The lowest BCUT2D eigenvalue weighted by Crippen LogP contribution is -2.17. The molecule has 0 aromatic heterocycles. The number of halogens is 2. The molecule has 118 valence electrons. The second-order valence-electron chi connectivity index (χ2n) is 4.80. The molecule has 0 aliphatic carbocycles. The van der Waals surface area contributed by atoms with Crippen molar-refractivity contribution in [1.29, 1.82) is 0 Å². The second-order valence-corrected chi connectivity index (χ2v) is 7.13. The molecule has 0 fully saturated rings. The van der Waals surface area contributed by atoms with Gasteiger partial charge in [-0.25, -0.2) is 22.7 Å². The standard InChI is InChI=1S/C13H17BrFNO4S/c1-3-4-8(2)7-20-13(17)10-5-9(15)6-11(12(10)14)21(16,18)19/h5-6,8H,3-4,7H2,1-2H3,(H2,16,18,19). The van der Waals surface area contributed by atoms with E-state index < -0.39 is 26.7 Å². The molecule has 2 N–H and O–H groups in total. The molecule has 21 heavy (non-hydrogen) atoms. The van der Waals surface area contributed by atoms with Gasteiger partial charge in [-0.2, -0.15) is 0 Å². The first-order valence-corrected chi connectivity index (χ1v) is 8.69. The molecular formula is C13H17BrFNO4S. The molecule has 0 spiro atoms.